The van der Waals surface area contributed by atoms with Crippen molar-refractivity contribution in [1.82, 2.24) is 20.2 Å². The molecule has 1 atom stereocenters. The molecule has 2 N–H and O–H groups in total. The van der Waals surface area contributed by atoms with E-state index in [1.807, 2.05) is 13.0 Å². The van der Waals surface area contributed by atoms with Gasteiger partial charge in [0.1, 0.15) is 0 Å². The zero-order chi connectivity index (χ0) is 15.3. The van der Waals surface area contributed by atoms with Crippen LogP contribution in [-0.2, 0) is 15.4 Å². The maximum atomic E-state index is 11.8. The number of tetrazole rings is 1. The van der Waals surface area contributed by atoms with E-state index in [-0.39, 0.29) is 11.5 Å². The second kappa shape index (κ2) is 4.77. The lowest BCUT2D eigenvalue weighted by Crippen LogP contribution is -2.33. The second-order valence-corrected chi connectivity index (χ2v) is 8.53. The van der Waals surface area contributed by atoms with E-state index in [2.05, 4.69) is 31.5 Å². The van der Waals surface area contributed by atoms with Crippen LogP contribution in [0, 0.1) is 0 Å². The van der Waals surface area contributed by atoms with Gasteiger partial charge in [-0.1, -0.05) is 15.9 Å². The second-order valence-electron chi connectivity index (χ2n) is 5.49. The molecule has 0 radical (unpaired) electrons. The number of aromatic nitrogens is 4. The molecule has 1 aromatic carbocycles. The molecule has 7 nitrogen and oxygen atoms in total. The van der Waals surface area contributed by atoms with Crippen LogP contribution in [0.3, 0.4) is 0 Å². The van der Waals surface area contributed by atoms with Crippen LogP contribution in [0.1, 0.15) is 13.3 Å². The molecule has 2 aromatic rings. The highest BCUT2D eigenvalue weighted by atomic mass is 79.9. The number of rotatable bonds is 2. The average Bonchev–Trinajstić information content (AvgIpc) is 2.98. The Kier molecular flexibility index (Phi) is 3.28. The Morgan fingerprint density at radius 2 is 2.19 bits per heavy atom. The first-order chi connectivity index (χ1) is 9.81. The van der Waals surface area contributed by atoms with E-state index in [0.717, 1.165) is 10.0 Å². The third kappa shape index (κ3) is 2.55. The Bertz CT molecular complexity index is 804. The first-order valence-corrected chi connectivity index (χ1v) is 8.97. The Morgan fingerprint density at radius 3 is 2.86 bits per heavy atom. The highest BCUT2D eigenvalue weighted by Crippen LogP contribution is 2.35. The van der Waals surface area contributed by atoms with E-state index in [0.29, 0.717) is 17.9 Å². The van der Waals surface area contributed by atoms with E-state index in [4.69, 9.17) is 5.73 Å². The number of hydrogen-bond acceptors (Lipinski definition) is 6. The summed E-state index contributed by atoms with van der Waals surface area (Å²) in [4.78, 5) is 0. The minimum absolute atomic E-state index is 0.0397. The molecule has 0 spiro atoms. The van der Waals surface area contributed by atoms with E-state index >= 15 is 0 Å². The van der Waals surface area contributed by atoms with E-state index in [9.17, 15) is 8.42 Å². The summed E-state index contributed by atoms with van der Waals surface area (Å²) in [6, 6.07) is 5.35. The third-order valence-corrected chi connectivity index (χ3v) is 6.27. The summed E-state index contributed by atoms with van der Waals surface area (Å²) in [6.07, 6.45) is 0.493. The van der Waals surface area contributed by atoms with Gasteiger partial charge in [-0.05, 0) is 42.0 Å². The summed E-state index contributed by atoms with van der Waals surface area (Å²) in [6.45, 7) is 1.86. The lowest BCUT2D eigenvalue weighted by atomic mass is 10.0. The highest BCUT2D eigenvalue weighted by Gasteiger charge is 2.42. The van der Waals surface area contributed by atoms with Gasteiger partial charge in [0.25, 0.3) is 0 Å². The third-order valence-electron chi connectivity index (χ3n) is 3.69. The molecule has 0 aliphatic carbocycles. The predicted molar refractivity (Wildman–Crippen MR) is 82.3 cm³/mol. The molecule has 1 unspecified atom stereocenters. The fourth-order valence-electron chi connectivity index (χ4n) is 2.59. The smallest absolute Gasteiger partial charge is 0.183 e. The number of nitrogen functional groups attached to an aromatic ring is 1. The van der Waals surface area contributed by atoms with Crippen LogP contribution < -0.4 is 5.73 Å². The van der Waals surface area contributed by atoms with Crippen molar-refractivity contribution in [3.8, 4) is 11.4 Å². The van der Waals surface area contributed by atoms with Gasteiger partial charge in [0, 0.05) is 15.7 Å². The topological polar surface area (TPSA) is 104 Å². The van der Waals surface area contributed by atoms with Crippen molar-refractivity contribution in [3.63, 3.8) is 0 Å². The molecule has 1 saturated heterocycles. The summed E-state index contributed by atoms with van der Waals surface area (Å²) in [5.41, 5.74) is 6.51. The van der Waals surface area contributed by atoms with Crippen LogP contribution in [0.2, 0.25) is 0 Å². The van der Waals surface area contributed by atoms with Gasteiger partial charge >= 0.3 is 0 Å². The fourth-order valence-corrected chi connectivity index (χ4v) is 5.13. The molecule has 21 heavy (non-hydrogen) atoms. The number of benzene rings is 1. The first kappa shape index (κ1) is 14.5. The monoisotopic (exact) mass is 371 g/mol. The van der Waals surface area contributed by atoms with Gasteiger partial charge in [-0.2, -0.15) is 0 Å². The van der Waals surface area contributed by atoms with Crippen LogP contribution in [0.4, 0.5) is 5.69 Å². The molecule has 112 valence electrons. The normalized spacial score (nSPS) is 24.3. The molecule has 9 heteroatoms. The van der Waals surface area contributed by atoms with Crippen LogP contribution in [-0.4, -0.2) is 40.1 Å². The minimum atomic E-state index is -3.05. The molecular weight excluding hydrogens is 358 g/mol. The summed E-state index contributed by atoms with van der Waals surface area (Å²) in [7, 11) is -3.05. The van der Waals surface area contributed by atoms with Crippen LogP contribution in [0.15, 0.2) is 22.7 Å². The van der Waals surface area contributed by atoms with Gasteiger partial charge in [0.05, 0.1) is 17.0 Å². The Balaban J connectivity index is 2.12. The molecular formula is C12H14BrN5O2S. The molecule has 0 bridgehead atoms. The van der Waals surface area contributed by atoms with Gasteiger partial charge in [-0.25, -0.2) is 13.1 Å². The SMILES string of the molecule is CC1(n2nnnc2-c2cc(N)ccc2Br)CCS(=O)(=O)C1. The number of hydrogen-bond donors (Lipinski definition) is 1. The summed E-state index contributed by atoms with van der Waals surface area (Å²) < 4.78 is 26.0. The number of sulfone groups is 1. The van der Waals surface area contributed by atoms with Crippen LogP contribution in [0.25, 0.3) is 11.4 Å². The predicted octanol–water partition coefficient (Wildman–Crippen LogP) is 1.22. The lowest BCUT2D eigenvalue weighted by Gasteiger charge is -2.23. The van der Waals surface area contributed by atoms with Crippen molar-refractivity contribution < 1.29 is 8.42 Å². The molecule has 2 heterocycles. The maximum Gasteiger partial charge on any atom is 0.183 e. The fraction of sp³-hybridized carbons (Fsp3) is 0.417. The Labute approximate surface area is 130 Å². The van der Waals surface area contributed by atoms with Crippen molar-refractivity contribution in [2.45, 2.75) is 18.9 Å². The molecule has 1 aliphatic rings. The molecule has 3 rings (SSSR count). The highest BCUT2D eigenvalue weighted by molar-refractivity contribution is 9.10. The van der Waals surface area contributed by atoms with E-state index in [1.165, 1.54) is 0 Å². The number of anilines is 1. The van der Waals surface area contributed by atoms with E-state index < -0.39 is 15.4 Å². The number of nitrogens with two attached hydrogens (primary N) is 1. The van der Waals surface area contributed by atoms with Crippen molar-refractivity contribution >= 4 is 31.5 Å². The molecule has 1 fully saturated rings. The van der Waals surface area contributed by atoms with Crippen molar-refractivity contribution in [2.24, 2.45) is 0 Å². The maximum absolute atomic E-state index is 11.8. The summed E-state index contributed by atoms with van der Waals surface area (Å²) in [5.74, 6) is 0.701. The number of nitrogens with zero attached hydrogens (tertiary/aromatic N) is 4. The summed E-state index contributed by atoms with van der Waals surface area (Å²) >= 11 is 3.45. The van der Waals surface area contributed by atoms with Crippen LogP contribution >= 0.6 is 15.9 Å². The van der Waals surface area contributed by atoms with Gasteiger partial charge < -0.3 is 5.73 Å². The zero-order valence-electron chi connectivity index (χ0n) is 11.3. The Hall–Kier alpha value is -1.48. The van der Waals surface area contributed by atoms with Crippen molar-refractivity contribution in [2.75, 3.05) is 17.2 Å². The van der Waals surface area contributed by atoms with Gasteiger partial charge in [-0.3, -0.25) is 0 Å². The first-order valence-electron chi connectivity index (χ1n) is 6.35. The van der Waals surface area contributed by atoms with Gasteiger partial charge in [-0.15, -0.1) is 5.10 Å². The largest absolute Gasteiger partial charge is 0.399 e. The minimum Gasteiger partial charge on any atom is -0.399 e. The zero-order valence-corrected chi connectivity index (χ0v) is 13.7. The molecule has 1 aliphatic heterocycles. The molecule has 1 aromatic heterocycles. The lowest BCUT2D eigenvalue weighted by molar-refractivity contribution is 0.325. The van der Waals surface area contributed by atoms with E-state index in [1.54, 1.807) is 16.8 Å². The molecule has 0 amide bonds. The Morgan fingerprint density at radius 1 is 1.43 bits per heavy atom. The van der Waals surface area contributed by atoms with Crippen molar-refractivity contribution in [1.29, 1.82) is 0 Å². The standard InChI is InChI=1S/C12H14BrN5O2S/c1-12(4-5-21(19,20)7-12)18-11(15-16-17-18)9-6-8(14)2-3-10(9)13/h2-3,6H,4-5,7,14H2,1H3. The van der Waals surface area contributed by atoms with Crippen LogP contribution in [0.5, 0.6) is 0 Å². The van der Waals surface area contributed by atoms with Gasteiger partial charge in [0.2, 0.25) is 0 Å². The molecule has 0 saturated carbocycles. The quantitative estimate of drug-likeness (QED) is 0.795. The van der Waals surface area contributed by atoms with Gasteiger partial charge in [0.15, 0.2) is 15.7 Å². The summed E-state index contributed by atoms with van der Waals surface area (Å²) in [5, 5.41) is 11.8. The number of halogens is 1. The van der Waals surface area contributed by atoms with Crippen molar-refractivity contribution in [3.05, 3.63) is 22.7 Å². The average molecular weight is 372 g/mol.